The highest BCUT2D eigenvalue weighted by molar-refractivity contribution is 7.93. The molecule has 7 nitrogen and oxygen atoms in total. The molecule has 1 amide bonds. The zero-order valence-electron chi connectivity index (χ0n) is 21.2. The maximum atomic E-state index is 14.1. The van der Waals surface area contributed by atoms with E-state index in [0.29, 0.717) is 41.0 Å². The smallest absolute Gasteiger partial charge is 0.289 e. The number of likely N-dealkylation sites (tertiary alicyclic amines) is 1. The van der Waals surface area contributed by atoms with Gasteiger partial charge in [-0.05, 0) is 82.0 Å². The molecule has 0 radical (unpaired) electrons. The predicted molar refractivity (Wildman–Crippen MR) is 138 cm³/mol. The number of methoxy groups -OCH3 is 1. The number of sulfonamides is 1. The molecule has 0 atom stereocenters. The third-order valence-corrected chi connectivity index (χ3v) is 9.03. The van der Waals surface area contributed by atoms with Crippen LogP contribution in [0.3, 0.4) is 0 Å². The van der Waals surface area contributed by atoms with E-state index in [1.807, 2.05) is 24.8 Å². The molecule has 188 valence electrons. The van der Waals surface area contributed by atoms with Crippen molar-refractivity contribution in [3.63, 3.8) is 0 Å². The minimum absolute atomic E-state index is 0.114. The van der Waals surface area contributed by atoms with Crippen molar-refractivity contribution in [2.24, 2.45) is 0 Å². The summed E-state index contributed by atoms with van der Waals surface area (Å²) in [5, 5.41) is 0.663. The number of hydrogen-bond donors (Lipinski definition) is 0. The van der Waals surface area contributed by atoms with Gasteiger partial charge in [0.25, 0.3) is 15.9 Å². The number of fused-ring (bicyclic) bond motifs is 1. The van der Waals surface area contributed by atoms with Crippen molar-refractivity contribution in [1.29, 1.82) is 0 Å². The highest BCUT2D eigenvalue weighted by Gasteiger charge is 2.33. The van der Waals surface area contributed by atoms with Gasteiger partial charge < -0.3 is 14.1 Å². The molecule has 3 aromatic rings. The molecular formula is C27H34N2O5S. The van der Waals surface area contributed by atoms with Gasteiger partial charge in [-0.1, -0.05) is 12.8 Å². The van der Waals surface area contributed by atoms with Gasteiger partial charge in [0.2, 0.25) is 0 Å². The topological polar surface area (TPSA) is 80.1 Å². The molecule has 35 heavy (non-hydrogen) atoms. The van der Waals surface area contributed by atoms with Gasteiger partial charge in [0.1, 0.15) is 10.6 Å². The van der Waals surface area contributed by atoms with Gasteiger partial charge in [-0.15, -0.1) is 0 Å². The van der Waals surface area contributed by atoms with Crippen LogP contribution in [-0.2, 0) is 10.0 Å². The molecule has 0 unspecified atom stereocenters. The van der Waals surface area contributed by atoms with Crippen molar-refractivity contribution in [1.82, 2.24) is 4.90 Å². The third-order valence-electron chi connectivity index (χ3n) is 6.98. The lowest BCUT2D eigenvalue weighted by Gasteiger charge is -2.24. The first-order chi connectivity index (χ1) is 16.7. The van der Waals surface area contributed by atoms with E-state index in [-0.39, 0.29) is 28.7 Å². The van der Waals surface area contributed by atoms with E-state index in [9.17, 15) is 13.2 Å². The summed E-state index contributed by atoms with van der Waals surface area (Å²) in [6, 6.07) is 8.85. The standard InChI is InChI=1S/C27H34N2O5S/c1-6-29(21-11-13-22(33-5)14-12-21)35(31,32)26-19(3)18(2)17-23-20(4)24(34-25(23)26)27(30)28-15-9-7-8-10-16-28/h11-14,17H,6-10,15-16H2,1-5H3. The molecule has 1 aliphatic rings. The molecule has 1 aliphatic heterocycles. The zero-order chi connectivity index (χ0) is 25.3. The Balaban J connectivity index is 1.86. The minimum Gasteiger partial charge on any atom is -0.497 e. The van der Waals surface area contributed by atoms with E-state index < -0.39 is 10.0 Å². The van der Waals surface area contributed by atoms with Gasteiger partial charge >= 0.3 is 0 Å². The summed E-state index contributed by atoms with van der Waals surface area (Å²) in [5.74, 6) is 0.715. The number of carbonyl (C=O) groups is 1. The van der Waals surface area contributed by atoms with E-state index in [4.69, 9.17) is 9.15 Å². The second kappa shape index (κ2) is 9.93. The van der Waals surface area contributed by atoms with Gasteiger partial charge in [0.15, 0.2) is 11.3 Å². The number of amides is 1. The van der Waals surface area contributed by atoms with Crippen molar-refractivity contribution in [3.05, 3.63) is 52.8 Å². The number of benzene rings is 2. The monoisotopic (exact) mass is 498 g/mol. The van der Waals surface area contributed by atoms with Crippen LogP contribution in [0, 0.1) is 20.8 Å². The lowest BCUT2D eigenvalue weighted by molar-refractivity contribution is 0.0731. The number of nitrogens with zero attached hydrogens (tertiary/aromatic N) is 2. The molecule has 1 fully saturated rings. The maximum Gasteiger partial charge on any atom is 0.289 e. The Morgan fingerprint density at radius 2 is 1.66 bits per heavy atom. The summed E-state index contributed by atoms with van der Waals surface area (Å²) in [4.78, 5) is 15.4. The molecular weight excluding hydrogens is 464 g/mol. The Labute approximate surface area is 207 Å². The Morgan fingerprint density at radius 1 is 1.03 bits per heavy atom. The summed E-state index contributed by atoms with van der Waals surface area (Å²) in [6.07, 6.45) is 4.16. The SMILES string of the molecule is CCN(c1ccc(OC)cc1)S(=O)(=O)c1c(C)c(C)cc2c(C)c(C(=O)N3CCCCCC3)oc12. The molecule has 1 saturated heterocycles. The van der Waals surface area contributed by atoms with Gasteiger partial charge in [0, 0.05) is 30.6 Å². The number of rotatable bonds is 6. The van der Waals surface area contributed by atoms with Crippen LogP contribution in [0.25, 0.3) is 11.0 Å². The summed E-state index contributed by atoms with van der Waals surface area (Å²) in [5.41, 5.74) is 2.91. The number of aryl methyl sites for hydroxylation is 2. The second-order valence-corrected chi connectivity index (χ2v) is 11.0. The molecule has 1 aromatic heterocycles. The zero-order valence-corrected chi connectivity index (χ0v) is 22.0. The average Bonchev–Trinajstić information content (AvgIpc) is 3.01. The van der Waals surface area contributed by atoms with Crippen molar-refractivity contribution in [2.45, 2.75) is 58.3 Å². The maximum absolute atomic E-state index is 14.1. The van der Waals surface area contributed by atoms with Crippen molar-refractivity contribution >= 4 is 32.6 Å². The fourth-order valence-corrected chi connectivity index (χ4v) is 6.72. The molecule has 0 bridgehead atoms. The van der Waals surface area contributed by atoms with Crippen LogP contribution in [-0.4, -0.2) is 46.0 Å². The summed E-state index contributed by atoms with van der Waals surface area (Å²) in [7, 11) is -2.42. The van der Waals surface area contributed by atoms with E-state index in [1.54, 1.807) is 45.2 Å². The number of anilines is 1. The van der Waals surface area contributed by atoms with Crippen molar-refractivity contribution < 1.29 is 22.4 Å². The highest BCUT2D eigenvalue weighted by atomic mass is 32.2. The van der Waals surface area contributed by atoms with Crippen molar-refractivity contribution in [2.75, 3.05) is 31.0 Å². The average molecular weight is 499 g/mol. The van der Waals surface area contributed by atoms with Crippen LogP contribution in [0.4, 0.5) is 5.69 Å². The van der Waals surface area contributed by atoms with E-state index in [0.717, 1.165) is 31.2 Å². The second-order valence-electron chi connectivity index (χ2n) is 9.15. The molecule has 0 N–H and O–H groups in total. The van der Waals surface area contributed by atoms with Gasteiger partial charge in [0.05, 0.1) is 12.8 Å². The number of carbonyl (C=O) groups excluding carboxylic acids is 1. The summed E-state index contributed by atoms with van der Waals surface area (Å²) in [6.45, 7) is 8.94. The van der Waals surface area contributed by atoms with E-state index in [1.165, 1.54) is 4.31 Å². The fourth-order valence-electron chi connectivity index (χ4n) is 4.82. The van der Waals surface area contributed by atoms with Crippen LogP contribution in [0.5, 0.6) is 5.75 Å². The van der Waals surface area contributed by atoms with Crippen LogP contribution < -0.4 is 9.04 Å². The first-order valence-corrected chi connectivity index (χ1v) is 13.6. The first-order valence-electron chi connectivity index (χ1n) is 12.2. The molecule has 8 heteroatoms. The summed E-state index contributed by atoms with van der Waals surface area (Å²) < 4.78 is 40.9. The number of hydrogen-bond acceptors (Lipinski definition) is 5. The molecule has 0 aliphatic carbocycles. The normalized spacial score (nSPS) is 14.7. The van der Waals surface area contributed by atoms with Gasteiger partial charge in [-0.25, -0.2) is 8.42 Å². The van der Waals surface area contributed by atoms with Crippen LogP contribution in [0.1, 0.15) is 59.9 Å². The molecule has 0 saturated carbocycles. The van der Waals surface area contributed by atoms with Gasteiger partial charge in [-0.2, -0.15) is 0 Å². The largest absolute Gasteiger partial charge is 0.497 e. The lowest BCUT2D eigenvalue weighted by Crippen LogP contribution is -2.32. The van der Waals surface area contributed by atoms with Crippen LogP contribution >= 0.6 is 0 Å². The van der Waals surface area contributed by atoms with Gasteiger partial charge in [-0.3, -0.25) is 9.10 Å². The molecule has 2 aromatic carbocycles. The predicted octanol–water partition coefficient (Wildman–Crippen LogP) is 5.60. The molecule has 4 rings (SSSR count). The third kappa shape index (κ3) is 4.51. The first kappa shape index (κ1) is 25.1. The van der Waals surface area contributed by atoms with Crippen LogP contribution in [0.15, 0.2) is 39.6 Å². The quantitative estimate of drug-likeness (QED) is 0.442. The lowest BCUT2D eigenvalue weighted by atomic mass is 10.0. The Bertz CT molecular complexity index is 1330. The van der Waals surface area contributed by atoms with Crippen LogP contribution in [0.2, 0.25) is 0 Å². The fraction of sp³-hybridized carbons (Fsp3) is 0.444. The Hall–Kier alpha value is -3.00. The minimum atomic E-state index is -3.99. The number of furan rings is 1. The van der Waals surface area contributed by atoms with E-state index >= 15 is 0 Å². The van der Waals surface area contributed by atoms with Crippen molar-refractivity contribution in [3.8, 4) is 5.75 Å². The highest BCUT2D eigenvalue weighted by Crippen LogP contribution is 2.38. The van der Waals surface area contributed by atoms with E-state index in [2.05, 4.69) is 0 Å². The molecule has 0 spiro atoms. The molecule has 2 heterocycles. The number of ether oxygens (including phenoxy) is 1. The Kier molecular flexibility index (Phi) is 7.12. The Morgan fingerprint density at radius 3 is 2.23 bits per heavy atom. The summed E-state index contributed by atoms with van der Waals surface area (Å²) >= 11 is 0.